The first kappa shape index (κ1) is 18.0. The average molecular weight is 399 g/mol. The minimum Gasteiger partial charge on any atom is -0.379 e. The van der Waals surface area contributed by atoms with Crippen LogP contribution in [0.1, 0.15) is 34.9 Å². The number of H-pyrrole nitrogens is 1. The van der Waals surface area contributed by atoms with Gasteiger partial charge in [0, 0.05) is 54.8 Å². The predicted octanol–water partition coefficient (Wildman–Crippen LogP) is 2.94. The number of rotatable bonds is 4. The van der Waals surface area contributed by atoms with Gasteiger partial charge in [0.1, 0.15) is 17.0 Å². The molecule has 5 heterocycles. The molecule has 2 saturated heterocycles. The summed E-state index contributed by atoms with van der Waals surface area (Å²) in [6.45, 7) is 8.76. The number of anilines is 1. The molecule has 3 aromatic heterocycles. The third kappa shape index (κ3) is 3.52. The van der Waals surface area contributed by atoms with Gasteiger partial charge in [-0.1, -0.05) is 0 Å². The molecular weight excluding hydrogens is 372 g/mol. The van der Waals surface area contributed by atoms with Crippen LogP contribution in [-0.4, -0.2) is 64.5 Å². The van der Waals surface area contributed by atoms with Gasteiger partial charge in [0.2, 0.25) is 0 Å². The standard InChI is InChI=1S/C20H26N6OS/c1-14-9-17-19(21-13-22-20(17)28-14)26-4-2-3-15(12-26)18-16(10-23-24-18)11-25-5-7-27-8-6-25/h9-10,13,15H,2-8,11-12H2,1H3,(H,23,24)/t15-/m0/s1. The maximum Gasteiger partial charge on any atom is 0.140 e. The van der Waals surface area contributed by atoms with Crippen molar-refractivity contribution in [3.05, 3.63) is 34.7 Å². The molecule has 7 nitrogen and oxygen atoms in total. The summed E-state index contributed by atoms with van der Waals surface area (Å²) in [5, 5.41) is 8.89. The fraction of sp³-hybridized carbons (Fsp3) is 0.550. The van der Waals surface area contributed by atoms with E-state index >= 15 is 0 Å². The lowest BCUT2D eigenvalue weighted by Crippen LogP contribution is -2.37. The van der Waals surface area contributed by atoms with Crippen LogP contribution in [0.25, 0.3) is 10.2 Å². The zero-order chi connectivity index (χ0) is 18.9. The molecule has 8 heteroatoms. The number of hydrogen-bond donors (Lipinski definition) is 1. The van der Waals surface area contributed by atoms with Crippen molar-refractivity contribution in [3.8, 4) is 0 Å². The molecule has 5 rings (SSSR count). The molecule has 0 spiro atoms. The number of nitrogens with one attached hydrogen (secondary N) is 1. The number of aryl methyl sites for hydroxylation is 1. The average Bonchev–Trinajstić information content (AvgIpc) is 3.34. The van der Waals surface area contributed by atoms with Gasteiger partial charge in [0.25, 0.3) is 0 Å². The molecule has 0 unspecified atom stereocenters. The van der Waals surface area contributed by atoms with Crippen LogP contribution in [0.5, 0.6) is 0 Å². The Bertz CT molecular complexity index is 947. The topological polar surface area (TPSA) is 70.2 Å². The molecule has 0 radical (unpaired) electrons. The van der Waals surface area contributed by atoms with Crippen LogP contribution in [0.3, 0.4) is 0 Å². The molecule has 28 heavy (non-hydrogen) atoms. The maximum atomic E-state index is 5.48. The largest absolute Gasteiger partial charge is 0.379 e. The molecule has 2 fully saturated rings. The number of morpholine rings is 1. The van der Waals surface area contributed by atoms with Crippen molar-refractivity contribution in [2.45, 2.75) is 32.2 Å². The number of piperidine rings is 1. The lowest BCUT2D eigenvalue weighted by Gasteiger charge is -2.34. The summed E-state index contributed by atoms with van der Waals surface area (Å²) in [6.07, 6.45) is 6.06. The second-order valence-corrected chi connectivity index (χ2v) is 8.99. The third-order valence-corrected chi connectivity index (χ3v) is 6.77. The molecule has 1 atom stereocenters. The van der Waals surface area contributed by atoms with Gasteiger partial charge in [0.15, 0.2) is 0 Å². The third-order valence-electron chi connectivity index (χ3n) is 5.81. The Morgan fingerprint density at radius 2 is 2.14 bits per heavy atom. The van der Waals surface area contributed by atoms with Crippen molar-refractivity contribution in [1.29, 1.82) is 0 Å². The van der Waals surface area contributed by atoms with Gasteiger partial charge in [-0.15, -0.1) is 11.3 Å². The van der Waals surface area contributed by atoms with Crippen molar-refractivity contribution in [1.82, 2.24) is 25.1 Å². The van der Waals surface area contributed by atoms with Gasteiger partial charge in [-0.3, -0.25) is 10.00 Å². The van der Waals surface area contributed by atoms with Crippen molar-refractivity contribution < 1.29 is 4.74 Å². The summed E-state index contributed by atoms with van der Waals surface area (Å²) < 4.78 is 5.48. The monoisotopic (exact) mass is 398 g/mol. The van der Waals surface area contributed by atoms with Crippen LogP contribution in [0.2, 0.25) is 0 Å². The molecule has 3 aromatic rings. The van der Waals surface area contributed by atoms with Crippen LogP contribution in [0.4, 0.5) is 5.82 Å². The lowest BCUT2D eigenvalue weighted by molar-refractivity contribution is 0.0340. The summed E-state index contributed by atoms with van der Waals surface area (Å²) in [6, 6.07) is 2.22. The fourth-order valence-corrected chi connectivity index (χ4v) is 5.26. The predicted molar refractivity (Wildman–Crippen MR) is 111 cm³/mol. The Kier molecular flexibility index (Phi) is 5.00. The number of ether oxygens (including phenoxy) is 1. The van der Waals surface area contributed by atoms with E-state index in [1.807, 2.05) is 6.20 Å². The Labute approximate surface area is 168 Å². The molecule has 0 amide bonds. The van der Waals surface area contributed by atoms with Gasteiger partial charge in [-0.2, -0.15) is 5.10 Å². The second kappa shape index (κ2) is 7.77. The van der Waals surface area contributed by atoms with Crippen LogP contribution < -0.4 is 4.90 Å². The summed E-state index contributed by atoms with van der Waals surface area (Å²) in [5.41, 5.74) is 2.62. The van der Waals surface area contributed by atoms with E-state index in [0.717, 1.165) is 63.0 Å². The first-order valence-corrected chi connectivity index (χ1v) is 10.9. The Hall–Kier alpha value is -2.03. The lowest BCUT2D eigenvalue weighted by atomic mass is 9.92. The number of aromatic nitrogens is 4. The van der Waals surface area contributed by atoms with Gasteiger partial charge >= 0.3 is 0 Å². The van der Waals surface area contributed by atoms with Gasteiger partial charge in [-0.05, 0) is 25.8 Å². The van der Waals surface area contributed by atoms with E-state index in [9.17, 15) is 0 Å². The molecule has 0 aromatic carbocycles. The molecule has 0 bridgehead atoms. The van der Waals surface area contributed by atoms with E-state index in [1.165, 1.54) is 27.9 Å². The SMILES string of the molecule is Cc1cc2c(N3CCC[C@H](c4[nH]ncc4CN4CCOCC4)C3)ncnc2s1. The first-order valence-electron chi connectivity index (χ1n) is 10.1. The number of nitrogens with zero attached hydrogens (tertiary/aromatic N) is 5. The van der Waals surface area contributed by atoms with Crippen LogP contribution in [-0.2, 0) is 11.3 Å². The quantitative estimate of drug-likeness (QED) is 0.729. The normalized spacial score (nSPS) is 21.5. The highest BCUT2D eigenvalue weighted by Gasteiger charge is 2.27. The van der Waals surface area contributed by atoms with Crippen molar-refractivity contribution in [2.24, 2.45) is 0 Å². The number of thiophene rings is 1. The number of hydrogen-bond acceptors (Lipinski definition) is 7. The van der Waals surface area contributed by atoms with E-state index in [-0.39, 0.29) is 0 Å². The van der Waals surface area contributed by atoms with E-state index in [0.29, 0.717) is 5.92 Å². The van der Waals surface area contributed by atoms with Crippen molar-refractivity contribution in [3.63, 3.8) is 0 Å². The van der Waals surface area contributed by atoms with Gasteiger partial charge in [-0.25, -0.2) is 9.97 Å². The highest BCUT2D eigenvalue weighted by atomic mass is 32.1. The van der Waals surface area contributed by atoms with E-state index < -0.39 is 0 Å². The van der Waals surface area contributed by atoms with Gasteiger partial charge in [0.05, 0.1) is 24.8 Å². The first-order chi connectivity index (χ1) is 13.8. The highest BCUT2D eigenvalue weighted by molar-refractivity contribution is 7.18. The summed E-state index contributed by atoms with van der Waals surface area (Å²) in [4.78, 5) is 16.4. The van der Waals surface area contributed by atoms with Gasteiger partial charge < -0.3 is 9.64 Å². The number of aromatic amines is 1. The van der Waals surface area contributed by atoms with Crippen molar-refractivity contribution in [2.75, 3.05) is 44.3 Å². The Morgan fingerprint density at radius 3 is 3.04 bits per heavy atom. The minimum atomic E-state index is 0.456. The van der Waals surface area contributed by atoms with Crippen LogP contribution in [0, 0.1) is 6.92 Å². The number of fused-ring (bicyclic) bond motifs is 1. The highest BCUT2D eigenvalue weighted by Crippen LogP contribution is 2.35. The second-order valence-electron chi connectivity index (χ2n) is 7.76. The molecule has 2 aliphatic heterocycles. The summed E-state index contributed by atoms with van der Waals surface area (Å²) in [7, 11) is 0. The molecule has 0 saturated carbocycles. The van der Waals surface area contributed by atoms with Crippen molar-refractivity contribution >= 4 is 27.4 Å². The van der Waals surface area contributed by atoms with E-state index in [1.54, 1.807) is 17.7 Å². The maximum absolute atomic E-state index is 5.48. The molecular formula is C20H26N6OS. The molecule has 148 valence electrons. The minimum absolute atomic E-state index is 0.456. The fourth-order valence-electron chi connectivity index (χ4n) is 4.42. The smallest absolute Gasteiger partial charge is 0.140 e. The summed E-state index contributed by atoms with van der Waals surface area (Å²) >= 11 is 1.74. The van der Waals surface area contributed by atoms with Crippen LogP contribution in [0.15, 0.2) is 18.6 Å². The zero-order valence-corrected chi connectivity index (χ0v) is 17.0. The van der Waals surface area contributed by atoms with Crippen LogP contribution >= 0.6 is 11.3 Å². The zero-order valence-electron chi connectivity index (χ0n) is 16.2. The molecule has 0 aliphatic carbocycles. The summed E-state index contributed by atoms with van der Waals surface area (Å²) in [5.74, 6) is 1.53. The van der Waals surface area contributed by atoms with E-state index in [4.69, 9.17) is 4.74 Å². The van der Waals surface area contributed by atoms with E-state index in [2.05, 4.69) is 43.0 Å². The molecule has 2 aliphatic rings. The Morgan fingerprint density at radius 1 is 1.25 bits per heavy atom. The molecule has 1 N–H and O–H groups in total. The Balaban J connectivity index is 1.37.